The standard InChI is InChI=1S/C32H37NOS/c1-6-9-10-11-12-17-29(35-32-19-14-13-16-25(32)4)24-27(31-18-15-22-34-31)23-28-21-20-26(7-2)30(8-3)33(28)5/h7-8,13-24H,2-3,6,9-12H2,1,4-5H3/b27-24-,28-23+,29-17+. The second kappa shape index (κ2) is 13.7. The summed E-state index contributed by atoms with van der Waals surface area (Å²) in [4.78, 5) is 4.65. The molecule has 0 radical (unpaired) electrons. The number of nitrogens with zero attached hydrogens (tertiary/aromatic N) is 1. The summed E-state index contributed by atoms with van der Waals surface area (Å²) in [6.07, 6.45) is 22.6. The number of aryl methyl sites for hydroxylation is 1. The first-order chi connectivity index (χ1) is 17.1. The van der Waals surface area contributed by atoms with Crippen LogP contribution in [-0.4, -0.2) is 11.9 Å². The van der Waals surface area contributed by atoms with Crippen LogP contribution in [0.3, 0.4) is 0 Å². The van der Waals surface area contributed by atoms with Crippen LogP contribution < -0.4 is 0 Å². The molecule has 2 heterocycles. The molecule has 0 N–H and O–H groups in total. The van der Waals surface area contributed by atoms with Crippen LogP contribution in [0.5, 0.6) is 0 Å². The number of thioether (sulfide) groups is 1. The highest BCUT2D eigenvalue weighted by atomic mass is 32.2. The van der Waals surface area contributed by atoms with Crippen LogP contribution >= 0.6 is 11.8 Å². The van der Waals surface area contributed by atoms with Crippen LogP contribution in [-0.2, 0) is 0 Å². The van der Waals surface area contributed by atoms with Crippen molar-refractivity contribution in [1.82, 2.24) is 4.90 Å². The van der Waals surface area contributed by atoms with Crippen LogP contribution in [0.1, 0.15) is 50.4 Å². The summed E-state index contributed by atoms with van der Waals surface area (Å²) < 4.78 is 5.86. The lowest BCUT2D eigenvalue weighted by Gasteiger charge is -2.27. The minimum absolute atomic E-state index is 0.847. The normalized spacial score (nSPS) is 15.7. The Hall–Kier alpha value is -3.17. The molecule has 0 bridgehead atoms. The molecule has 0 amide bonds. The molecule has 0 saturated heterocycles. The van der Waals surface area contributed by atoms with E-state index in [0.29, 0.717) is 0 Å². The van der Waals surface area contributed by atoms with Gasteiger partial charge in [0.05, 0.1) is 6.26 Å². The molecule has 0 unspecified atom stereocenters. The summed E-state index contributed by atoms with van der Waals surface area (Å²) in [5, 5.41) is 0. The molecule has 3 rings (SSSR count). The van der Waals surface area contributed by atoms with Crippen LogP contribution in [0, 0.1) is 6.92 Å². The monoisotopic (exact) mass is 483 g/mol. The van der Waals surface area contributed by atoms with Crippen LogP contribution in [0.15, 0.2) is 130 Å². The van der Waals surface area contributed by atoms with Crippen molar-refractivity contribution < 1.29 is 4.42 Å². The summed E-state index contributed by atoms with van der Waals surface area (Å²) in [5.74, 6) is 0.847. The molecule has 0 aliphatic carbocycles. The highest BCUT2D eigenvalue weighted by Gasteiger charge is 2.15. The molecule has 3 heteroatoms. The SMILES string of the molecule is C=CC1=C(C=C)N(C)/C(=C/C(=C/C(=C\CCCCCC)Sc2ccccc2C)c2ccco2)C=C1. The van der Waals surface area contributed by atoms with Crippen LogP contribution in [0.25, 0.3) is 5.57 Å². The maximum absolute atomic E-state index is 5.86. The Labute approximate surface area is 215 Å². The smallest absolute Gasteiger partial charge is 0.133 e. The Morgan fingerprint density at radius 1 is 1.03 bits per heavy atom. The molecule has 2 aromatic rings. The number of furan rings is 1. The van der Waals surface area contributed by atoms with Crippen molar-refractivity contribution in [3.63, 3.8) is 0 Å². The zero-order valence-electron chi connectivity index (χ0n) is 21.3. The van der Waals surface area contributed by atoms with Crippen LogP contribution in [0.2, 0.25) is 0 Å². The minimum atomic E-state index is 0.847. The third-order valence-electron chi connectivity index (χ3n) is 6.02. The van der Waals surface area contributed by atoms with Gasteiger partial charge in [0.15, 0.2) is 0 Å². The second-order valence-electron chi connectivity index (χ2n) is 8.61. The molecule has 35 heavy (non-hydrogen) atoms. The number of hydrogen-bond acceptors (Lipinski definition) is 3. The fraction of sp³-hybridized carbons (Fsp3) is 0.250. The molecule has 0 fully saturated rings. The molecule has 1 aliphatic rings. The lowest BCUT2D eigenvalue weighted by molar-refractivity contribution is 0.542. The van der Waals surface area contributed by atoms with Gasteiger partial charge < -0.3 is 9.32 Å². The van der Waals surface area contributed by atoms with Crippen molar-refractivity contribution >= 4 is 17.3 Å². The second-order valence-corrected chi connectivity index (χ2v) is 9.73. The predicted molar refractivity (Wildman–Crippen MR) is 153 cm³/mol. The van der Waals surface area contributed by atoms with Gasteiger partial charge in [-0.2, -0.15) is 0 Å². The Bertz CT molecular complexity index is 1160. The van der Waals surface area contributed by atoms with E-state index in [1.165, 1.54) is 41.0 Å². The van der Waals surface area contributed by atoms with E-state index in [4.69, 9.17) is 4.42 Å². The number of likely N-dealkylation sites (N-methyl/N-ethyl adjacent to an activating group) is 1. The number of unbranched alkanes of at least 4 members (excludes halogenated alkanes) is 4. The topological polar surface area (TPSA) is 16.4 Å². The molecular formula is C32H37NOS. The number of benzene rings is 1. The Morgan fingerprint density at radius 3 is 2.54 bits per heavy atom. The molecule has 2 nitrogen and oxygen atoms in total. The Morgan fingerprint density at radius 2 is 1.86 bits per heavy atom. The van der Waals surface area contributed by atoms with Gasteiger partial charge in [0, 0.05) is 33.8 Å². The van der Waals surface area contributed by atoms with Gasteiger partial charge in [-0.1, -0.05) is 87.5 Å². The summed E-state index contributed by atoms with van der Waals surface area (Å²) in [7, 11) is 2.06. The van der Waals surface area contributed by atoms with Crippen molar-refractivity contribution in [1.29, 1.82) is 0 Å². The first-order valence-electron chi connectivity index (χ1n) is 12.4. The summed E-state index contributed by atoms with van der Waals surface area (Å²) in [5.41, 5.74) is 5.48. The first-order valence-corrected chi connectivity index (χ1v) is 13.2. The molecule has 1 aromatic heterocycles. The lowest BCUT2D eigenvalue weighted by atomic mass is 10.0. The van der Waals surface area contributed by atoms with Gasteiger partial charge in [-0.3, -0.25) is 0 Å². The molecule has 0 atom stereocenters. The zero-order chi connectivity index (χ0) is 25.0. The predicted octanol–water partition coefficient (Wildman–Crippen LogP) is 9.63. The average molecular weight is 484 g/mol. The lowest BCUT2D eigenvalue weighted by Crippen LogP contribution is -2.18. The number of rotatable bonds is 12. The first kappa shape index (κ1) is 26.4. The van der Waals surface area contributed by atoms with E-state index in [1.54, 1.807) is 6.26 Å². The molecule has 182 valence electrons. The Kier molecular flexibility index (Phi) is 10.3. The van der Waals surface area contributed by atoms with E-state index in [9.17, 15) is 0 Å². The summed E-state index contributed by atoms with van der Waals surface area (Å²) in [6, 6.07) is 12.5. The van der Waals surface area contributed by atoms with Gasteiger partial charge in [-0.05, 0) is 73.4 Å². The fourth-order valence-electron chi connectivity index (χ4n) is 3.96. The van der Waals surface area contributed by atoms with Gasteiger partial charge in [0.2, 0.25) is 0 Å². The minimum Gasteiger partial charge on any atom is -0.464 e. The van der Waals surface area contributed by atoms with E-state index in [2.05, 4.69) is 93.6 Å². The van der Waals surface area contributed by atoms with E-state index in [0.717, 1.165) is 34.7 Å². The molecule has 0 spiro atoms. The molecule has 1 aromatic carbocycles. The number of hydrogen-bond donors (Lipinski definition) is 0. The van der Waals surface area contributed by atoms with Gasteiger partial charge in [0.1, 0.15) is 5.76 Å². The maximum atomic E-state index is 5.86. The number of allylic oxidation sites excluding steroid dienone is 9. The van der Waals surface area contributed by atoms with E-state index in [1.807, 2.05) is 36.0 Å². The molecule has 0 saturated carbocycles. The van der Waals surface area contributed by atoms with Gasteiger partial charge in [0.25, 0.3) is 0 Å². The van der Waals surface area contributed by atoms with Crippen molar-refractivity contribution in [3.8, 4) is 0 Å². The Balaban J connectivity index is 2.00. The van der Waals surface area contributed by atoms with E-state index in [-0.39, 0.29) is 0 Å². The zero-order valence-corrected chi connectivity index (χ0v) is 22.1. The van der Waals surface area contributed by atoms with E-state index >= 15 is 0 Å². The van der Waals surface area contributed by atoms with Gasteiger partial charge in [-0.15, -0.1) is 0 Å². The molecule has 1 aliphatic heterocycles. The van der Waals surface area contributed by atoms with Gasteiger partial charge >= 0.3 is 0 Å². The highest BCUT2D eigenvalue weighted by molar-refractivity contribution is 8.03. The summed E-state index contributed by atoms with van der Waals surface area (Å²) in [6.45, 7) is 12.4. The average Bonchev–Trinajstić information content (AvgIpc) is 3.40. The van der Waals surface area contributed by atoms with Crippen molar-refractivity contribution in [3.05, 3.63) is 132 Å². The van der Waals surface area contributed by atoms with Crippen molar-refractivity contribution in [2.45, 2.75) is 50.8 Å². The summed E-state index contributed by atoms with van der Waals surface area (Å²) >= 11 is 1.82. The third-order valence-corrected chi connectivity index (χ3v) is 7.22. The van der Waals surface area contributed by atoms with Crippen molar-refractivity contribution in [2.75, 3.05) is 7.05 Å². The van der Waals surface area contributed by atoms with Crippen LogP contribution in [0.4, 0.5) is 0 Å². The quantitative estimate of drug-likeness (QED) is 0.170. The molecular weight excluding hydrogens is 446 g/mol. The maximum Gasteiger partial charge on any atom is 0.133 e. The largest absolute Gasteiger partial charge is 0.464 e. The third kappa shape index (κ3) is 7.40. The highest BCUT2D eigenvalue weighted by Crippen LogP contribution is 2.34. The van der Waals surface area contributed by atoms with E-state index < -0.39 is 0 Å². The van der Waals surface area contributed by atoms with Crippen molar-refractivity contribution in [2.24, 2.45) is 0 Å². The van der Waals surface area contributed by atoms with Gasteiger partial charge in [-0.25, -0.2) is 0 Å². The fourth-order valence-corrected chi connectivity index (χ4v) is 4.98.